The third-order valence-corrected chi connectivity index (χ3v) is 4.85. The number of nitrogens with zero attached hydrogens (tertiary/aromatic N) is 3. The summed E-state index contributed by atoms with van der Waals surface area (Å²) in [5.74, 6) is 0. The van der Waals surface area contributed by atoms with Crippen molar-refractivity contribution in [3.63, 3.8) is 0 Å². The Bertz CT molecular complexity index is 584. The number of hydrogen-bond acceptors (Lipinski definition) is 4. The molecule has 0 heterocycles. The van der Waals surface area contributed by atoms with Gasteiger partial charge in [0, 0.05) is 7.14 Å². The SMILES string of the molecule is CSC(=Nc1c(I)cc(C#N)c(C)c1I)NC#N. The van der Waals surface area contributed by atoms with Crippen LogP contribution >= 0.6 is 56.9 Å². The lowest BCUT2D eigenvalue weighted by molar-refractivity contribution is 1.26. The highest BCUT2D eigenvalue weighted by molar-refractivity contribution is 14.1. The molecule has 7 heteroatoms. The van der Waals surface area contributed by atoms with Gasteiger partial charge in [0.1, 0.15) is 0 Å². The van der Waals surface area contributed by atoms with E-state index in [0.717, 1.165) is 18.4 Å². The van der Waals surface area contributed by atoms with E-state index in [-0.39, 0.29) is 0 Å². The van der Waals surface area contributed by atoms with Gasteiger partial charge in [-0.05, 0) is 70.0 Å². The van der Waals surface area contributed by atoms with Gasteiger partial charge >= 0.3 is 0 Å². The Kier molecular flexibility index (Phi) is 6.18. The van der Waals surface area contributed by atoms with Crippen molar-refractivity contribution in [2.75, 3.05) is 6.26 Å². The number of nitriles is 2. The second kappa shape index (κ2) is 7.16. The number of halogens is 2. The molecule has 0 spiro atoms. The van der Waals surface area contributed by atoms with Crippen molar-refractivity contribution in [2.24, 2.45) is 4.99 Å². The third-order valence-electron chi connectivity index (χ3n) is 2.13. The largest absolute Gasteiger partial charge is 0.271 e. The van der Waals surface area contributed by atoms with E-state index in [1.54, 1.807) is 6.07 Å². The van der Waals surface area contributed by atoms with Crippen LogP contribution in [-0.2, 0) is 0 Å². The van der Waals surface area contributed by atoms with Gasteiger partial charge in [-0.1, -0.05) is 11.8 Å². The number of amidine groups is 1. The van der Waals surface area contributed by atoms with Crippen LogP contribution in [-0.4, -0.2) is 11.4 Å². The normalized spacial score (nSPS) is 10.7. The summed E-state index contributed by atoms with van der Waals surface area (Å²) in [5.41, 5.74) is 2.36. The predicted molar refractivity (Wildman–Crippen MR) is 90.7 cm³/mol. The molecular formula is C11H8I2N4S. The summed E-state index contributed by atoms with van der Waals surface area (Å²) < 4.78 is 1.83. The molecule has 0 fully saturated rings. The summed E-state index contributed by atoms with van der Waals surface area (Å²) >= 11 is 5.69. The summed E-state index contributed by atoms with van der Waals surface area (Å²) in [6, 6.07) is 3.97. The first kappa shape index (κ1) is 15.5. The fourth-order valence-electron chi connectivity index (χ4n) is 1.20. The van der Waals surface area contributed by atoms with Gasteiger partial charge in [-0.25, -0.2) is 4.99 Å². The predicted octanol–water partition coefficient (Wildman–Crippen LogP) is 3.50. The van der Waals surface area contributed by atoms with Crippen molar-refractivity contribution in [1.29, 1.82) is 10.5 Å². The smallest absolute Gasteiger partial charge is 0.183 e. The molecule has 92 valence electrons. The van der Waals surface area contributed by atoms with Gasteiger partial charge in [-0.15, -0.1) is 0 Å². The molecule has 0 saturated heterocycles. The minimum absolute atomic E-state index is 0.539. The van der Waals surface area contributed by atoms with E-state index in [1.165, 1.54) is 11.8 Å². The van der Waals surface area contributed by atoms with Gasteiger partial charge in [0.2, 0.25) is 0 Å². The average Bonchev–Trinajstić information content (AvgIpc) is 2.37. The van der Waals surface area contributed by atoms with E-state index in [0.29, 0.717) is 10.7 Å². The molecule has 1 N–H and O–H groups in total. The van der Waals surface area contributed by atoms with Crippen LogP contribution in [0.2, 0.25) is 0 Å². The number of rotatable bonds is 1. The van der Waals surface area contributed by atoms with Crippen LogP contribution in [0.3, 0.4) is 0 Å². The lowest BCUT2D eigenvalue weighted by Gasteiger charge is -2.09. The lowest BCUT2D eigenvalue weighted by Crippen LogP contribution is -2.12. The summed E-state index contributed by atoms with van der Waals surface area (Å²) in [6.45, 7) is 1.89. The Hall–Kier alpha value is -0.520. The van der Waals surface area contributed by atoms with Gasteiger partial charge in [-0.3, -0.25) is 5.32 Å². The third kappa shape index (κ3) is 3.49. The van der Waals surface area contributed by atoms with Crippen molar-refractivity contribution < 1.29 is 0 Å². The Morgan fingerprint density at radius 2 is 2.11 bits per heavy atom. The van der Waals surface area contributed by atoms with Crippen LogP contribution in [0.5, 0.6) is 0 Å². The van der Waals surface area contributed by atoms with Crippen LogP contribution in [0, 0.1) is 36.9 Å². The maximum atomic E-state index is 9.02. The minimum Gasteiger partial charge on any atom is -0.271 e. The highest BCUT2D eigenvalue weighted by Gasteiger charge is 2.12. The van der Waals surface area contributed by atoms with Crippen molar-refractivity contribution in [3.05, 3.63) is 24.3 Å². The Balaban J connectivity index is 3.40. The molecule has 0 aromatic heterocycles. The maximum Gasteiger partial charge on any atom is 0.183 e. The van der Waals surface area contributed by atoms with Crippen molar-refractivity contribution in [2.45, 2.75) is 6.92 Å². The van der Waals surface area contributed by atoms with Crippen LogP contribution in [0.4, 0.5) is 5.69 Å². The number of benzene rings is 1. The molecule has 0 saturated carbocycles. The highest BCUT2D eigenvalue weighted by Crippen LogP contribution is 2.32. The quantitative estimate of drug-likeness (QED) is 0.219. The van der Waals surface area contributed by atoms with E-state index in [2.05, 4.69) is 61.6 Å². The van der Waals surface area contributed by atoms with Gasteiger partial charge < -0.3 is 0 Å². The number of aliphatic imine (C=N–C) groups is 1. The van der Waals surface area contributed by atoms with Crippen LogP contribution in [0.15, 0.2) is 11.1 Å². The lowest BCUT2D eigenvalue weighted by atomic mass is 10.1. The molecule has 0 atom stereocenters. The first-order valence-corrected chi connectivity index (χ1v) is 8.09. The molecule has 1 rings (SSSR count). The zero-order valence-electron chi connectivity index (χ0n) is 9.58. The fraction of sp³-hybridized carbons (Fsp3) is 0.182. The molecule has 1 aromatic carbocycles. The molecule has 0 bridgehead atoms. The van der Waals surface area contributed by atoms with Crippen LogP contribution in [0.25, 0.3) is 0 Å². The number of nitrogens with one attached hydrogen (secondary N) is 1. The van der Waals surface area contributed by atoms with E-state index < -0.39 is 0 Å². The van der Waals surface area contributed by atoms with Crippen molar-refractivity contribution in [1.82, 2.24) is 5.32 Å². The highest BCUT2D eigenvalue weighted by atomic mass is 127. The molecule has 0 aliphatic heterocycles. The fourth-order valence-corrected chi connectivity index (χ4v) is 3.45. The first-order valence-electron chi connectivity index (χ1n) is 4.71. The van der Waals surface area contributed by atoms with Gasteiger partial charge in [0.25, 0.3) is 0 Å². The standard InChI is InChI=1S/C11H8I2N4S/c1-6-7(4-14)3-8(12)10(9(6)13)17-11(18-2)16-5-15/h3H,1-2H3,(H,16,17). The zero-order chi connectivity index (χ0) is 13.7. The number of thioether (sulfide) groups is 1. The second-order valence-corrected chi connectivity index (χ2v) is 6.20. The van der Waals surface area contributed by atoms with Gasteiger partial charge in [0.05, 0.1) is 17.3 Å². The molecule has 0 amide bonds. The summed E-state index contributed by atoms with van der Waals surface area (Å²) in [4.78, 5) is 4.42. The molecule has 0 aliphatic carbocycles. The van der Waals surface area contributed by atoms with E-state index in [1.807, 2.05) is 19.4 Å². The molecule has 1 aromatic rings. The maximum absolute atomic E-state index is 9.02. The van der Waals surface area contributed by atoms with Crippen molar-refractivity contribution in [3.8, 4) is 12.3 Å². The molecule has 0 radical (unpaired) electrons. The van der Waals surface area contributed by atoms with Gasteiger partial charge in [-0.2, -0.15) is 10.5 Å². The summed E-state index contributed by atoms with van der Waals surface area (Å²) in [5, 5.41) is 20.7. The Morgan fingerprint density at radius 1 is 1.44 bits per heavy atom. The molecule has 18 heavy (non-hydrogen) atoms. The van der Waals surface area contributed by atoms with E-state index in [4.69, 9.17) is 10.5 Å². The van der Waals surface area contributed by atoms with Crippen LogP contribution in [0.1, 0.15) is 11.1 Å². The topological polar surface area (TPSA) is 72.0 Å². The molecule has 0 unspecified atom stereocenters. The Labute approximate surface area is 137 Å². The second-order valence-electron chi connectivity index (χ2n) is 3.16. The van der Waals surface area contributed by atoms with Gasteiger partial charge in [0.15, 0.2) is 11.4 Å². The summed E-state index contributed by atoms with van der Waals surface area (Å²) in [6.07, 6.45) is 3.70. The van der Waals surface area contributed by atoms with E-state index >= 15 is 0 Å². The monoisotopic (exact) mass is 482 g/mol. The zero-order valence-corrected chi connectivity index (χ0v) is 14.7. The van der Waals surface area contributed by atoms with Crippen molar-refractivity contribution >= 4 is 67.8 Å². The number of hydrogen-bond donors (Lipinski definition) is 1. The average molecular weight is 482 g/mol. The summed E-state index contributed by atoms with van der Waals surface area (Å²) in [7, 11) is 0. The molecular weight excluding hydrogens is 474 g/mol. The van der Waals surface area contributed by atoms with E-state index in [9.17, 15) is 0 Å². The minimum atomic E-state index is 0.539. The first-order chi connectivity index (χ1) is 8.54. The van der Waals surface area contributed by atoms with Crippen LogP contribution < -0.4 is 5.32 Å². The Morgan fingerprint density at radius 3 is 2.61 bits per heavy atom. The molecule has 0 aliphatic rings. The molecule has 4 nitrogen and oxygen atoms in total.